The smallest absolute Gasteiger partial charge is 0.227 e. The van der Waals surface area contributed by atoms with Gasteiger partial charge in [0.15, 0.2) is 0 Å². The zero-order chi connectivity index (χ0) is 17.9. The summed E-state index contributed by atoms with van der Waals surface area (Å²) < 4.78 is 5.40. The van der Waals surface area contributed by atoms with E-state index in [9.17, 15) is 4.79 Å². The Morgan fingerprint density at radius 2 is 2.00 bits per heavy atom. The Balaban J connectivity index is 1.59. The fourth-order valence-electron chi connectivity index (χ4n) is 3.76. The predicted octanol–water partition coefficient (Wildman–Crippen LogP) is 3.87. The number of rotatable bonds is 4. The fourth-order valence-corrected chi connectivity index (χ4v) is 3.76. The van der Waals surface area contributed by atoms with Crippen molar-refractivity contribution in [1.29, 1.82) is 0 Å². The van der Waals surface area contributed by atoms with Gasteiger partial charge in [0.25, 0.3) is 0 Å². The molecule has 134 valence electrons. The summed E-state index contributed by atoms with van der Waals surface area (Å²) in [6.45, 7) is 0.774. The van der Waals surface area contributed by atoms with Gasteiger partial charge in [-0.1, -0.05) is 30.3 Å². The van der Waals surface area contributed by atoms with Crippen molar-refractivity contribution in [1.82, 2.24) is 14.9 Å². The minimum Gasteiger partial charge on any atom is -0.496 e. The molecule has 4 rings (SSSR count). The summed E-state index contributed by atoms with van der Waals surface area (Å²) in [6, 6.07) is 15.7. The van der Waals surface area contributed by atoms with E-state index in [2.05, 4.69) is 4.98 Å². The first-order chi connectivity index (χ1) is 12.8. The Bertz CT molecular complexity index is 885. The van der Waals surface area contributed by atoms with Crippen LogP contribution >= 0.6 is 0 Å². The van der Waals surface area contributed by atoms with Gasteiger partial charge in [0.1, 0.15) is 11.6 Å². The Morgan fingerprint density at radius 1 is 1.19 bits per heavy atom. The molecule has 1 atom stereocenters. The van der Waals surface area contributed by atoms with Crippen molar-refractivity contribution < 1.29 is 9.53 Å². The van der Waals surface area contributed by atoms with Crippen LogP contribution in [-0.2, 0) is 11.2 Å². The highest BCUT2D eigenvalue weighted by Crippen LogP contribution is 2.31. The van der Waals surface area contributed by atoms with Gasteiger partial charge in [-0.25, -0.2) is 4.98 Å². The number of imidazole rings is 1. The third kappa shape index (κ3) is 3.17. The largest absolute Gasteiger partial charge is 0.496 e. The first-order valence-electron chi connectivity index (χ1n) is 9.12. The van der Waals surface area contributed by atoms with Gasteiger partial charge < -0.3 is 14.6 Å². The van der Waals surface area contributed by atoms with Gasteiger partial charge in [-0.05, 0) is 37.5 Å². The predicted molar refractivity (Wildman–Crippen MR) is 101 cm³/mol. The molecule has 5 heteroatoms. The quantitative estimate of drug-likeness (QED) is 0.778. The van der Waals surface area contributed by atoms with Gasteiger partial charge in [-0.3, -0.25) is 4.79 Å². The highest BCUT2D eigenvalue weighted by atomic mass is 16.5. The Morgan fingerprint density at radius 3 is 2.85 bits per heavy atom. The normalized spacial score (nSPS) is 17.4. The molecule has 1 aromatic heterocycles. The van der Waals surface area contributed by atoms with Crippen molar-refractivity contribution in [2.24, 2.45) is 0 Å². The molecule has 26 heavy (non-hydrogen) atoms. The first kappa shape index (κ1) is 16.6. The summed E-state index contributed by atoms with van der Waals surface area (Å²) in [7, 11) is 1.64. The zero-order valence-corrected chi connectivity index (χ0v) is 14.9. The zero-order valence-electron chi connectivity index (χ0n) is 14.9. The van der Waals surface area contributed by atoms with Gasteiger partial charge in [0.2, 0.25) is 5.91 Å². The lowest BCUT2D eigenvalue weighted by Crippen LogP contribution is -2.39. The van der Waals surface area contributed by atoms with Crippen molar-refractivity contribution in [3.05, 3.63) is 59.9 Å². The molecule has 1 unspecified atom stereocenters. The van der Waals surface area contributed by atoms with Crippen LogP contribution in [0.5, 0.6) is 5.75 Å². The number of hydrogen-bond acceptors (Lipinski definition) is 3. The molecule has 2 heterocycles. The van der Waals surface area contributed by atoms with Gasteiger partial charge in [0, 0.05) is 12.1 Å². The van der Waals surface area contributed by atoms with Crippen LogP contribution in [0.15, 0.2) is 48.5 Å². The summed E-state index contributed by atoms with van der Waals surface area (Å²) >= 11 is 0. The number of carbonyl (C=O) groups is 1. The molecule has 1 aliphatic heterocycles. The van der Waals surface area contributed by atoms with E-state index in [-0.39, 0.29) is 11.9 Å². The van der Waals surface area contributed by atoms with E-state index in [1.54, 1.807) is 7.11 Å². The van der Waals surface area contributed by atoms with E-state index in [1.165, 1.54) is 0 Å². The number of para-hydroxylation sites is 3. The van der Waals surface area contributed by atoms with Gasteiger partial charge in [-0.2, -0.15) is 0 Å². The lowest BCUT2D eigenvalue weighted by molar-refractivity contribution is -0.134. The number of methoxy groups -OCH3 is 1. The molecular weight excluding hydrogens is 326 g/mol. The van der Waals surface area contributed by atoms with Crippen LogP contribution in [0, 0.1) is 0 Å². The van der Waals surface area contributed by atoms with Crippen molar-refractivity contribution in [2.75, 3.05) is 13.7 Å². The number of piperidine rings is 1. The number of H-pyrrole nitrogens is 1. The number of nitrogens with one attached hydrogen (secondary N) is 1. The summed E-state index contributed by atoms with van der Waals surface area (Å²) in [4.78, 5) is 23.2. The molecule has 2 aromatic carbocycles. The maximum absolute atomic E-state index is 13.1. The number of carbonyl (C=O) groups excluding carboxylic acids is 1. The molecule has 1 saturated heterocycles. The van der Waals surface area contributed by atoms with E-state index < -0.39 is 0 Å². The van der Waals surface area contributed by atoms with E-state index in [4.69, 9.17) is 9.72 Å². The molecule has 0 radical (unpaired) electrons. The van der Waals surface area contributed by atoms with Crippen LogP contribution in [0.3, 0.4) is 0 Å². The SMILES string of the molecule is COc1ccccc1CC(=O)N1CCCCC1c1nc2ccccc2[nH]1. The molecule has 5 nitrogen and oxygen atoms in total. The van der Waals surface area contributed by atoms with Gasteiger partial charge in [-0.15, -0.1) is 0 Å². The second kappa shape index (κ2) is 7.20. The topological polar surface area (TPSA) is 58.2 Å². The number of likely N-dealkylation sites (tertiary alicyclic amines) is 1. The van der Waals surface area contributed by atoms with E-state index in [1.807, 2.05) is 53.4 Å². The lowest BCUT2D eigenvalue weighted by Gasteiger charge is -2.34. The number of nitrogens with zero attached hydrogens (tertiary/aromatic N) is 2. The number of ether oxygens (including phenoxy) is 1. The summed E-state index contributed by atoms with van der Waals surface area (Å²) in [5.41, 5.74) is 2.89. The Labute approximate surface area is 153 Å². The maximum Gasteiger partial charge on any atom is 0.227 e. The van der Waals surface area contributed by atoms with Crippen LogP contribution in [0.2, 0.25) is 0 Å². The first-order valence-corrected chi connectivity index (χ1v) is 9.12. The van der Waals surface area contributed by atoms with Crippen LogP contribution < -0.4 is 4.74 Å². The van der Waals surface area contributed by atoms with Gasteiger partial charge >= 0.3 is 0 Å². The molecule has 1 N–H and O–H groups in total. The van der Waals surface area contributed by atoms with Crippen LogP contribution in [0.25, 0.3) is 11.0 Å². The molecule has 0 aliphatic carbocycles. The average Bonchev–Trinajstić information content (AvgIpc) is 3.12. The molecule has 3 aromatic rings. The number of aromatic amines is 1. The number of fused-ring (bicyclic) bond motifs is 1. The Kier molecular flexibility index (Phi) is 4.61. The summed E-state index contributed by atoms with van der Waals surface area (Å²) in [6.07, 6.45) is 3.44. The molecular formula is C21H23N3O2. The number of benzene rings is 2. The standard InChI is InChI=1S/C21H23N3O2/c1-26-19-12-5-2-8-15(19)14-20(25)24-13-7-6-11-18(24)21-22-16-9-3-4-10-17(16)23-21/h2-5,8-10,12,18H,6-7,11,13-14H2,1H3,(H,22,23). The summed E-state index contributed by atoms with van der Waals surface area (Å²) in [5, 5.41) is 0. The molecule has 0 spiro atoms. The monoisotopic (exact) mass is 349 g/mol. The second-order valence-corrected chi connectivity index (χ2v) is 6.73. The highest BCUT2D eigenvalue weighted by molar-refractivity contribution is 5.80. The van der Waals surface area contributed by atoms with Crippen molar-refractivity contribution in [3.63, 3.8) is 0 Å². The molecule has 1 aliphatic rings. The maximum atomic E-state index is 13.1. The molecule has 1 amide bonds. The third-order valence-corrected chi connectivity index (χ3v) is 5.08. The number of aromatic nitrogens is 2. The fraction of sp³-hybridized carbons (Fsp3) is 0.333. The van der Waals surface area contributed by atoms with Crippen molar-refractivity contribution in [2.45, 2.75) is 31.7 Å². The second-order valence-electron chi connectivity index (χ2n) is 6.73. The van der Waals surface area contributed by atoms with Crippen molar-refractivity contribution in [3.8, 4) is 5.75 Å². The number of amides is 1. The minimum absolute atomic E-state index is 0.0124. The molecule has 0 bridgehead atoms. The van der Waals surface area contributed by atoms with Crippen LogP contribution in [0.4, 0.5) is 0 Å². The molecule has 1 fully saturated rings. The average molecular weight is 349 g/mol. The highest BCUT2D eigenvalue weighted by Gasteiger charge is 2.30. The van der Waals surface area contributed by atoms with Crippen LogP contribution in [0.1, 0.15) is 36.7 Å². The molecule has 0 saturated carbocycles. The number of hydrogen-bond donors (Lipinski definition) is 1. The van der Waals surface area contributed by atoms with Crippen LogP contribution in [-0.4, -0.2) is 34.4 Å². The van der Waals surface area contributed by atoms with E-state index in [0.717, 1.165) is 54.0 Å². The summed E-state index contributed by atoms with van der Waals surface area (Å²) in [5.74, 6) is 1.78. The van der Waals surface area contributed by atoms with E-state index in [0.29, 0.717) is 6.42 Å². The van der Waals surface area contributed by atoms with Gasteiger partial charge in [0.05, 0.1) is 30.6 Å². The van der Waals surface area contributed by atoms with E-state index >= 15 is 0 Å². The Hall–Kier alpha value is -2.82. The minimum atomic E-state index is 0.0124. The third-order valence-electron chi connectivity index (χ3n) is 5.08. The lowest BCUT2D eigenvalue weighted by atomic mass is 10.00. The van der Waals surface area contributed by atoms with Crippen molar-refractivity contribution >= 4 is 16.9 Å².